The van der Waals surface area contributed by atoms with Gasteiger partial charge in [0.25, 0.3) is 10.1 Å². The van der Waals surface area contributed by atoms with E-state index in [1.807, 2.05) is 17.5 Å². The average molecular weight is 276 g/mol. The summed E-state index contributed by atoms with van der Waals surface area (Å²) in [6, 6.07) is 3.93. The van der Waals surface area contributed by atoms with E-state index >= 15 is 0 Å². The fourth-order valence-electron chi connectivity index (χ4n) is 0.840. The van der Waals surface area contributed by atoms with Gasteiger partial charge in [-0.15, -0.1) is 23.1 Å². The molecule has 0 aromatic carbocycles. The van der Waals surface area contributed by atoms with Crippen LogP contribution in [0.5, 0.6) is 0 Å². The molecular formula is C10H12O3S3. The molecular weight excluding hydrogens is 264 g/mol. The van der Waals surface area contributed by atoms with Crippen molar-refractivity contribution < 1.29 is 12.6 Å². The number of hydrogen-bond acceptors (Lipinski definition) is 5. The van der Waals surface area contributed by atoms with E-state index in [0.717, 1.165) is 11.1 Å². The first-order valence-electron chi connectivity index (χ1n) is 4.52. The van der Waals surface area contributed by atoms with Crippen LogP contribution >= 0.6 is 23.1 Å². The molecule has 1 aromatic rings. The highest BCUT2D eigenvalue weighted by molar-refractivity contribution is 7.99. The van der Waals surface area contributed by atoms with Crippen LogP contribution in [0, 0.1) is 11.8 Å². The van der Waals surface area contributed by atoms with Crippen LogP contribution in [0.25, 0.3) is 0 Å². The van der Waals surface area contributed by atoms with Crippen molar-refractivity contribution in [1.29, 1.82) is 0 Å². The molecule has 1 aromatic heterocycles. The SMILES string of the molecule is CS(=O)(=O)OCCSCC#Cc1cccs1. The monoisotopic (exact) mass is 276 g/mol. The third-order valence-corrected chi connectivity index (χ3v) is 3.62. The Kier molecular flexibility index (Phi) is 5.91. The highest BCUT2D eigenvalue weighted by atomic mass is 32.2. The van der Waals surface area contributed by atoms with Crippen LogP contribution in [0.1, 0.15) is 4.88 Å². The van der Waals surface area contributed by atoms with E-state index < -0.39 is 10.1 Å². The third kappa shape index (κ3) is 6.90. The van der Waals surface area contributed by atoms with E-state index in [1.165, 1.54) is 0 Å². The van der Waals surface area contributed by atoms with Gasteiger partial charge in [-0.05, 0) is 11.4 Å². The zero-order valence-electron chi connectivity index (χ0n) is 8.80. The van der Waals surface area contributed by atoms with Gasteiger partial charge >= 0.3 is 0 Å². The van der Waals surface area contributed by atoms with E-state index in [4.69, 9.17) is 0 Å². The first-order valence-corrected chi connectivity index (χ1v) is 8.37. The van der Waals surface area contributed by atoms with Crippen LogP contribution in [0.15, 0.2) is 17.5 Å². The molecule has 1 heterocycles. The van der Waals surface area contributed by atoms with E-state index in [0.29, 0.717) is 11.5 Å². The number of thioether (sulfide) groups is 1. The second-order valence-corrected chi connectivity index (χ2v) is 6.55. The fraction of sp³-hybridized carbons (Fsp3) is 0.400. The van der Waals surface area contributed by atoms with Crippen molar-refractivity contribution in [3.05, 3.63) is 22.4 Å². The van der Waals surface area contributed by atoms with Crippen molar-refractivity contribution in [1.82, 2.24) is 0 Å². The molecule has 0 saturated carbocycles. The van der Waals surface area contributed by atoms with Crippen molar-refractivity contribution in [3.8, 4) is 11.8 Å². The molecule has 88 valence electrons. The predicted molar refractivity (Wildman–Crippen MR) is 69.3 cm³/mol. The lowest BCUT2D eigenvalue weighted by Gasteiger charge is -1.98. The Hall–Kier alpha value is -0.480. The minimum atomic E-state index is -3.30. The zero-order chi connectivity index (χ0) is 11.9. The Bertz CT molecular complexity index is 451. The van der Waals surface area contributed by atoms with Crippen molar-refractivity contribution in [2.75, 3.05) is 24.4 Å². The molecule has 6 heteroatoms. The zero-order valence-corrected chi connectivity index (χ0v) is 11.3. The van der Waals surface area contributed by atoms with Crippen LogP contribution in [-0.2, 0) is 14.3 Å². The van der Waals surface area contributed by atoms with E-state index in [1.54, 1.807) is 23.1 Å². The Morgan fingerprint density at radius 1 is 1.56 bits per heavy atom. The van der Waals surface area contributed by atoms with Crippen molar-refractivity contribution in [3.63, 3.8) is 0 Å². The van der Waals surface area contributed by atoms with Crippen LogP contribution in [0.2, 0.25) is 0 Å². The third-order valence-electron chi connectivity index (χ3n) is 1.43. The van der Waals surface area contributed by atoms with Crippen molar-refractivity contribution in [2.24, 2.45) is 0 Å². The summed E-state index contributed by atoms with van der Waals surface area (Å²) in [5.41, 5.74) is 0. The molecule has 16 heavy (non-hydrogen) atoms. The van der Waals surface area contributed by atoms with Crippen LogP contribution in [-0.4, -0.2) is 32.8 Å². The molecule has 0 fully saturated rings. The van der Waals surface area contributed by atoms with Crippen molar-refractivity contribution >= 4 is 33.2 Å². The molecule has 0 radical (unpaired) electrons. The molecule has 0 N–H and O–H groups in total. The lowest BCUT2D eigenvalue weighted by atomic mass is 10.5. The molecule has 0 amide bonds. The standard InChI is InChI=1S/C10H12O3S3/c1-16(11,12)13-6-9-14-7-2-4-10-5-3-8-15-10/h3,5,8H,6-7,9H2,1H3. The summed E-state index contributed by atoms with van der Waals surface area (Å²) in [6.45, 7) is 0.212. The normalized spacial score (nSPS) is 10.8. The Morgan fingerprint density at radius 3 is 3.00 bits per heavy atom. The summed E-state index contributed by atoms with van der Waals surface area (Å²) in [7, 11) is -3.30. The molecule has 0 aliphatic carbocycles. The number of rotatable bonds is 5. The number of thiophene rings is 1. The second-order valence-electron chi connectivity index (χ2n) is 2.86. The molecule has 0 spiro atoms. The minimum Gasteiger partial charge on any atom is -0.269 e. The Balaban J connectivity index is 2.09. The van der Waals surface area contributed by atoms with Gasteiger partial charge < -0.3 is 0 Å². The lowest BCUT2D eigenvalue weighted by molar-refractivity contribution is 0.345. The highest BCUT2D eigenvalue weighted by Crippen LogP contribution is 2.06. The summed E-state index contributed by atoms with van der Waals surface area (Å²) in [6.07, 6.45) is 1.05. The summed E-state index contributed by atoms with van der Waals surface area (Å²) >= 11 is 3.17. The van der Waals surface area contributed by atoms with Gasteiger partial charge in [-0.3, -0.25) is 4.18 Å². The maximum atomic E-state index is 10.6. The van der Waals surface area contributed by atoms with Gasteiger partial charge in [-0.1, -0.05) is 17.9 Å². The summed E-state index contributed by atoms with van der Waals surface area (Å²) in [5, 5.41) is 1.98. The molecule has 0 aliphatic rings. The van der Waals surface area contributed by atoms with Crippen LogP contribution in [0.4, 0.5) is 0 Å². The van der Waals surface area contributed by atoms with Gasteiger partial charge in [-0.25, -0.2) is 0 Å². The maximum Gasteiger partial charge on any atom is 0.264 e. The molecule has 3 nitrogen and oxygen atoms in total. The maximum absolute atomic E-state index is 10.6. The van der Waals surface area contributed by atoms with Crippen LogP contribution < -0.4 is 0 Å². The van der Waals surface area contributed by atoms with E-state index in [2.05, 4.69) is 16.0 Å². The van der Waals surface area contributed by atoms with Gasteiger partial charge in [0, 0.05) is 5.75 Å². The van der Waals surface area contributed by atoms with Gasteiger partial charge in [0.1, 0.15) is 0 Å². The molecule has 0 saturated heterocycles. The van der Waals surface area contributed by atoms with Gasteiger partial charge in [0.05, 0.1) is 23.5 Å². The van der Waals surface area contributed by atoms with E-state index in [9.17, 15) is 8.42 Å². The summed E-state index contributed by atoms with van der Waals surface area (Å²) in [5.74, 6) is 7.34. The predicted octanol–water partition coefficient (Wildman–Crippen LogP) is 1.81. The van der Waals surface area contributed by atoms with Gasteiger partial charge in [0.15, 0.2) is 0 Å². The smallest absolute Gasteiger partial charge is 0.264 e. The first-order chi connectivity index (χ1) is 7.58. The fourth-order valence-corrected chi connectivity index (χ4v) is 2.44. The Morgan fingerprint density at radius 2 is 2.38 bits per heavy atom. The summed E-state index contributed by atoms with van der Waals surface area (Å²) in [4.78, 5) is 1.05. The average Bonchev–Trinajstić information content (AvgIpc) is 2.67. The largest absolute Gasteiger partial charge is 0.269 e. The number of hydrogen-bond donors (Lipinski definition) is 0. The highest BCUT2D eigenvalue weighted by Gasteiger charge is 1.99. The quantitative estimate of drug-likeness (QED) is 0.467. The molecule has 0 unspecified atom stereocenters. The lowest BCUT2D eigenvalue weighted by Crippen LogP contribution is -2.05. The Labute approximate surface area is 104 Å². The molecule has 0 atom stereocenters. The molecule has 0 bridgehead atoms. The van der Waals surface area contributed by atoms with Crippen molar-refractivity contribution in [2.45, 2.75) is 0 Å². The topological polar surface area (TPSA) is 43.4 Å². The van der Waals surface area contributed by atoms with Gasteiger partial charge in [-0.2, -0.15) is 8.42 Å². The molecule has 1 rings (SSSR count). The van der Waals surface area contributed by atoms with E-state index in [-0.39, 0.29) is 6.61 Å². The summed E-state index contributed by atoms with van der Waals surface area (Å²) < 4.78 is 25.8. The minimum absolute atomic E-state index is 0.212. The second kappa shape index (κ2) is 6.97. The molecule has 0 aliphatic heterocycles. The van der Waals surface area contributed by atoms with Crippen LogP contribution in [0.3, 0.4) is 0 Å². The first kappa shape index (κ1) is 13.6. The van der Waals surface area contributed by atoms with Gasteiger partial charge in [0.2, 0.25) is 0 Å².